The van der Waals surface area contributed by atoms with Gasteiger partial charge in [0, 0.05) is 30.9 Å². The molecule has 3 aromatic rings. The second kappa shape index (κ2) is 8.22. The van der Waals surface area contributed by atoms with Gasteiger partial charge in [0.25, 0.3) is 0 Å². The number of carbonyl (C=O) groups excluding carboxylic acids is 1. The van der Waals surface area contributed by atoms with Crippen LogP contribution < -0.4 is 15.1 Å². The van der Waals surface area contributed by atoms with E-state index >= 15 is 4.39 Å². The van der Waals surface area contributed by atoms with Crippen molar-refractivity contribution in [3.05, 3.63) is 47.5 Å². The predicted octanol–water partition coefficient (Wildman–Crippen LogP) is 3.22. The lowest BCUT2D eigenvalue weighted by atomic mass is 9.68. The Bertz CT molecular complexity index is 1410. The molecule has 7 rings (SSSR count). The number of carbonyl (C=O) groups is 1. The van der Waals surface area contributed by atoms with E-state index in [2.05, 4.69) is 25.3 Å². The van der Waals surface area contributed by atoms with Gasteiger partial charge >= 0.3 is 6.09 Å². The molecule has 10 nitrogen and oxygen atoms in total. The molecule has 1 unspecified atom stereocenters. The number of aromatic nitrogens is 2. The first-order valence-electron chi connectivity index (χ1n) is 12.6. The minimum atomic E-state index is -0.569. The average molecular weight is 507 g/mol. The van der Waals surface area contributed by atoms with E-state index in [1.54, 1.807) is 18.3 Å². The fourth-order valence-electron chi connectivity index (χ4n) is 6.57. The zero-order valence-electron chi connectivity index (χ0n) is 20.6. The molecule has 192 valence electrons. The number of halogens is 1. The van der Waals surface area contributed by atoms with Crippen LogP contribution in [-0.2, 0) is 15.9 Å². The Morgan fingerprint density at radius 3 is 2.92 bits per heavy atom. The molecular weight excluding hydrogens is 479 g/mol. The van der Waals surface area contributed by atoms with Crippen LogP contribution in [0.25, 0.3) is 11.0 Å². The van der Waals surface area contributed by atoms with Crippen molar-refractivity contribution < 1.29 is 23.2 Å². The Morgan fingerprint density at radius 2 is 2.14 bits per heavy atom. The van der Waals surface area contributed by atoms with E-state index in [0.717, 1.165) is 5.56 Å². The normalized spacial score (nSPS) is 31.1. The summed E-state index contributed by atoms with van der Waals surface area (Å²) in [4.78, 5) is 25.2. The van der Waals surface area contributed by atoms with Crippen molar-refractivity contribution in [2.75, 3.05) is 36.1 Å². The molecule has 0 saturated carbocycles. The first-order valence-corrected chi connectivity index (χ1v) is 12.6. The molecule has 2 fully saturated rings. The van der Waals surface area contributed by atoms with Crippen LogP contribution in [0.15, 0.2) is 40.0 Å². The molecule has 2 saturated heterocycles. The van der Waals surface area contributed by atoms with Crippen molar-refractivity contribution in [1.82, 2.24) is 15.5 Å². The van der Waals surface area contributed by atoms with Gasteiger partial charge in [0.2, 0.25) is 5.58 Å². The number of anilines is 2. The number of nitrogens with zero attached hydrogens (tertiary/aromatic N) is 5. The molecule has 0 bridgehead atoms. The van der Waals surface area contributed by atoms with Gasteiger partial charge in [0.15, 0.2) is 17.7 Å². The Morgan fingerprint density at radius 1 is 1.24 bits per heavy atom. The van der Waals surface area contributed by atoms with Gasteiger partial charge in [-0.05, 0) is 44.0 Å². The Balaban J connectivity index is 1.33. The number of cyclic esters (lactones) is 1. The van der Waals surface area contributed by atoms with E-state index in [9.17, 15) is 4.79 Å². The van der Waals surface area contributed by atoms with Gasteiger partial charge in [-0.1, -0.05) is 11.2 Å². The minimum absolute atomic E-state index is 0.0276. The molecule has 6 heterocycles. The molecule has 4 aliphatic rings. The van der Waals surface area contributed by atoms with Crippen LogP contribution in [0.4, 0.5) is 20.7 Å². The number of fused-ring (bicyclic) bond motifs is 5. The lowest BCUT2D eigenvalue weighted by Crippen LogP contribution is -2.67. The number of benzene rings is 1. The highest BCUT2D eigenvalue weighted by atomic mass is 19.1. The lowest BCUT2D eigenvalue weighted by Gasteiger charge is -2.56. The van der Waals surface area contributed by atoms with Crippen molar-refractivity contribution >= 4 is 34.8 Å². The topological polar surface area (TPSA) is 105 Å². The van der Waals surface area contributed by atoms with Gasteiger partial charge in [-0.15, -0.1) is 0 Å². The van der Waals surface area contributed by atoms with Gasteiger partial charge in [0.1, 0.15) is 0 Å². The van der Waals surface area contributed by atoms with Crippen LogP contribution in [0, 0.1) is 11.2 Å². The van der Waals surface area contributed by atoms with Crippen LogP contribution in [0.3, 0.4) is 0 Å². The summed E-state index contributed by atoms with van der Waals surface area (Å²) in [5, 5.41) is 7.97. The third-order valence-electron chi connectivity index (χ3n) is 7.91. The summed E-state index contributed by atoms with van der Waals surface area (Å²) < 4.78 is 33.6. The van der Waals surface area contributed by atoms with Crippen LogP contribution in [-0.4, -0.2) is 67.0 Å². The monoisotopic (exact) mass is 506 g/mol. The van der Waals surface area contributed by atoms with Crippen molar-refractivity contribution in [3.8, 4) is 0 Å². The van der Waals surface area contributed by atoms with Crippen LogP contribution in [0.1, 0.15) is 31.2 Å². The maximum atomic E-state index is 16.3. The Hall–Kier alpha value is -3.57. The maximum absolute atomic E-state index is 16.3. The van der Waals surface area contributed by atoms with Crippen LogP contribution in [0.5, 0.6) is 0 Å². The third kappa shape index (κ3) is 3.37. The summed E-state index contributed by atoms with van der Waals surface area (Å²) in [6, 6.07) is 7.26. The van der Waals surface area contributed by atoms with E-state index in [1.165, 1.54) is 4.90 Å². The highest BCUT2D eigenvalue weighted by Crippen LogP contribution is 2.48. The number of rotatable bonds is 2. The molecule has 5 atom stereocenters. The van der Waals surface area contributed by atoms with E-state index in [0.29, 0.717) is 42.9 Å². The average Bonchev–Trinajstić information content (AvgIpc) is 3.48. The highest BCUT2D eigenvalue weighted by molar-refractivity contribution is 6.01. The van der Waals surface area contributed by atoms with Gasteiger partial charge < -0.3 is 18.9 Å². The second-order valence-corrected chi connectivity index (χ2v) is 10.4. The van der Waals surface area contributed by atoms with Crippen molar-refractivity contribution in [1.29, 1.82) is 0 Å². The number of hydrogen-bond acceptors (Lipinski definition) is 9. The number of amides is 1. The Kier molecular flexibility index (Phi) is 5.02. The number of ether oxygens (including phenoxy) is 2. The number of nitrogens with one attached hydrogen (secondary N) is 1. The van der Waals surface area contributed by atoms with Crippen LogP contribution in [0.2, 0.25) is 0 Å². The number of pyridine rings is 1. The summed E-state index contributed by atoms with van der Waals surface area (Å²) in [6.45, 7) is 6.07. The standard InChI is InChI=1S/C26H27FN6O4/c1-14-9-32-21-16(8-26(11-28-13-29-12-26)23(32)15(2)35-14)7-17-22(20(21)27)37-31-24(17)33-10-19(36-25(33)34)18-5-3-4-6-30-18/h3-7,11,14-15,19,23,29H,8-10,12-13H2,1-2H3/t14-,15+,19-,23-,26?/m1/s1. The van der Waals surface area contributed by atoms with Gasteiger partial charge in [-0.25, -0.2) is 9.18 Å². The lowest BCUT2D eigenvalue weighted by molar-refractivity contribution is -0.0522. The van der Waals surface area contributed by atoms with Crippen molar-refractivity contribution in [2.45, 2.75) is 44.6 Å². The molecule has 1 aromatic carbocycles. The SMILES string of the molecule is C[C@@H]1CN2c3c(cc4c(N5C[C@H](c6ccccn6)OC5=O)noc4c3F)CC3(C=NCNC3)[C@H]2[C@H](C)O1. The summed E-state index contributed by atoms with van der Waals surface area (Å²) >= 11 is 0. The van der Waals surface area contributed by atoms with E-state index in [-0.39, 0.29) is 41.6 Å². The first-order chi connectivity index (χ1) is 17.9. The zero-order chi connectivity index (χ0) is 25.3. The van der Waals surface area contributed by atoms with Gasteiger partial charge in [0.05, 0.1) is 48.2 Å². The molecule has 1 N–H and O–H groups in total. The number of aliphatic imine (C=N–C) groups is 1. The van der Waals surface area contributed by atoms with E-state index in [4.69, 9.17) is 14.0 Å². The summed E-state index contributed by atoms with van der Waals surface area (Å²) in [5.74, 6) is -0.225. The number of morpholine rings is 1. The number of hydrogen-bond donors (Lipinski definition) is 1. The van der Waals surface area contributed by atoms with Crippen molar-refractivity contribution in [2.24, 2.45) is 10.4 Å². The third-order valence-corrected chi connectivity index (χ3v) is 7.91. The summed E-state index contributed by atoms with van der Waals surface area (Å²) in [6.07, 6.45) is 2.94. The minimum Gasteiger partial charge on any atom is -0.437 e. The first kappa shape index (κ1) is 22.6. The quantitative estimate of drug-likeness (QED) is 0.565. The highest BCUT2D eigenvalue weighted by Gasteiger charge is 2.53. The molecule has 2 aromatic heterocycles. The van der Waals surface area contributed by atoms with Crippen molar-refractivity contribution in [3.63, 3.8) is 0 Å². The second-order valence-electron chi connectivity index (χ2n) is 10.4. The largest absolute Gasteiger partial charge is 0.437 e. The molecule has 4 aliphatic heterocycles. The van der Waals surface area contributed by atoms with E-state index < -0.39 is 18.0 Å². The van der Waals surface area contributed by atoms with Gasteiger partial charge in [-0.3, -0.25) is 20.2 Å². The zero-order valence-corrected chi connectivity index (χ0v) is 20.6. The molecule has 11 heteroatoms. The predicted molar refractivity (Wildman–Crippen MR) is 133 cm³/mol. The molecule has 37 heavy (non-hydrogen) atoms. The Labute approximate surface area is 212 Å². The summed E-state index contributed by atoms with van der Waals surface area (Å²) in [5.41, 5.74) is 1.65. The van der Waals surface area contributed by atoms with Gasteiger partial charge in [-0.2, -0.15) is 0 Å². The molecule has 0 radical (unpaired) electrons. The molecule has 0 aliphatic carbocycles. The smallest absolute Gasteiger partial charge is 0.416 e. The molecule has 1 spiro atoms. The fraction of sp³-hybridized carbons (Fsp3) is 0.462. The molecular formula is C26H27FN6O4. The van der Waals surface area contributed by atoms with Crippen LogP contribution >= 0.6 is 0 Å². The van der Waals surface area contributed by atoms with E-state index in [1.807, 2.05) is 32.2 Å². The summed E-state index contributed by atoms with van der Waals surface area (Å²) in [7, 11) is 0. The molecule has 1 amide bonds. The fourth-order valence-corrected chi connectivity index (χ4v) is 6.57. The maximum Gasteiger partial charge on any atom is 0.416 e.